The molecule has 0 spiro atoms. The Bertz CT molecular complexity index is 418. The Hall–Kier alpha value is -0.830. The van der Waals surface area contributed by atoms with E-state index >= 15 is 0 Å². The van der Waals surface area contributed by atoms with Gasteiger partial charge in [0.1, 0.15) is 0 Å². The smallest absolute Gasteiger partial charge is 0.0657 e. The van der Waals surface area contributed by atoms with Crippen molar-refractivity contribution < 1.29 is 0 Å². The predicted octanol–water partition coefficient (Wildman–Crippen LogP) is 3.52. The molecule has 1 saturated carbocycles. The Labute approximate surface area is 124 Å². The lowest BCUT2D eigenvalue weighted by Crippen LogP contribution is -2.19. The molecular weight excluding hydrogens is 246 g/mol. The fourth-order valence-corrected chi connectivity index (χ4v) is 3.13. The minimum absolute atomic E-state index is 0.590. The van der Waals surface area contributed by atoms with Gasteiger partial charge in [0.15, 0.2) is 0 Å². The van der Waals surface area contributed by atoms with Crippen molar-refractivity contribution in [3.63, 3.8) is 0 Å². The highest BCUT2D eigenvalue weighted by Gasteiger charge is 2.31. The number of nitrogens with zero attached hydrogens (tertiary/aromatic N) is 2. The van der Waals surface area contributed by atoms with Crippen molar-refractivity contribution in [1.82, 2.24) is 15.1 Å². The van der Waals surface area contributed by atoms with Crippen LogP contribution in [0.15, 0.2) is 0 Å². The molecule has 3 nitrogen and oxygen atoms in total. The molecule has 2 rings (SSSR count). The van der Waals surface area contributed by atoms with Gasteiger partial charge in [0.05, 0.1) is 11.7 Å². The third kappa shape index (κ3) is 3.43. The molecule has 1 N–H and O–H groups in total. The van der Waals surface area contributed by atoms with Gasteiger partial charge < -0.3 is 5.32 Å². The lowest BCUT2D eigenvalue weighted by Gasteiger charge is -2.15. The highest BCUT2D eigenvalue weighted by molar-refractivity contribution is 5.28. The third-order valence-electron chi connectivity index (χ3n) is 4.54. The SMILES string of the molecule is CCCNCCc1c(CC)nn(C(C)C2CC2)c1CC. The normalized spacial score (nSPS) is 16.6. The van der Waals surface area contributed by atoms with Gasteiger partial charge in [-0.05, 0) is 70.0 Å². The average molecular weight is 277 g/mol. The zero-order chi connectivity index (χ0) is 14.5. The molecule has 1 atom stereocenters. The number of rotatable bonds is 9. The van der Waals surface area contributed by atoms with Gasteiger partial charge in [0, 0.05) is 5.69 Å². The van der Waals surface area contributed by atoms with Crippen LogP contribution in [0, 0.1) is 5.92 Å². The van der Waals surface area contributed by atoms with Gasteiger partial charge >= 0.3 is 0 Å². The number of nitrogens with one attached hydrogen (secondary N) is 1. The molecule has 1 unspecified atom stereocenters. The number of aryl methyl sites for hydroxylation is 1. The zero-order valence-corrected chi connectivity index (χ0v) is 13.7. The van der Waals surface area contributed by atoms with E-state index in [2.05, 4.69) is 37.7 Å². The fraction of sp³-hybridized carbons (Fsp3) is 0.824. The van der Waals surface area contributed by atoms with Gasteiger partial charge in [-0.15, -0.1) is 0 Å². The summed E-state index contributed by atoms with van der Waals surface area (Å²) in [5.74, 6) is 0.871. The van der Waals surface area contributed by atoms with E-state index in [1.54, 1.807) is 0 Å². The summed E-state index contributed by atoms with van der Waals surface area (Å²) in [7, 11) is 0. The van der Waals surface area contributed by atoms with Crippen molar-refractivity contribution in [3.8, 4) is 0 Å². The van der Waals surface area contributed by atoms with E-state index in [0.29, 0.717) is 6.04 Å². The van der Waals surface area contributed by atoms with E-state index in [4.69, 9.17) is 5.10 Å². The summed E-state index contributed by atoms with van der Waals surface area (Å²) in [6.07, 6.45) is 7.27. The summed E-state index contributed by atoms with van der Waals surface area (Å²) in [6.45, 7) is 11.3. The molecule has 0 radical (unpaired) electrons. The molecule has 114 valence electrons. The maximum atomic E-state index is 4.95. The van der Waals surface area contributed by atoms with Crippen LogP contribution >= 0.6 is 0 Å². The van der Waals surface area contributed by atoms with Gasteiger partial charge in [-0.1, -0.05) is 20.8 Å². The van der Waals surface area contributed by atoms with Crippen molar-refractivity contribution >= 4 is 0 Å². The first-order chi connectivity index (χ1) is 9.72. The van der Waals surface area contributed by atoms with Gasteiger partial charge in [0.25, 0.3) is 0 Å². The van der Waals surface area contributed by atoms with Crippen LogP contribution in [0.4, 0.5) is 0 Å². The number of hydrogen-bond donors (Lipinski definition) is 1. The molecule has 0 bridgehead atoms. The van der Waals surface area contributed by atoms with Crippen molar-refractivity contribution in [2.75, 3.05) is 13.1 Å². The number of hydrogen-bond acceptors (Lipinski definition) is 2. The highest BCUT2D eigenvalue weighted by Crippen LogP contribution is 2.40. The molecule has 0 amide bonds. The lowest BCUT2D eigenvalue weighted by atomic mass is 10.1. The van der Waals surface area contributed by atoms with E-state index in [1.807, 2.05) is 0 Å². The second-order valence-electron chi connectivity index (χ2n) is 6.10. The summed E-state index contributed by atoms with van der Waals surface area (Å²) in [4.78, 5) is 0. The molecule has 1 aliphatic carbocycles. The maximum absolute atomic E-state index is 4.95. The number of aromatic nitrogens is 2. The van der Waals surface area contributed by atoms with Gasteiger partial charge in [-0.3, -0.25) is 4.68 Å². The predicted molar refractivity (Wildman–Crippen MR) is 85.3 cm³/mol. The van der Waals surface area contributed by atoms with Crippen LogP contribution in [-0.4, -0.2) is 22.9 Å². The molecule has 1 aromatic rings. The van der Waals surface area contributed by atoms with E-state index in [-0.39, 0.29) is 0 Å². The first-order valence-corrected chi connectivity index (χ1v) is 8.52. The Kier molecular flexibility index (Phi) is 5.64. The average Bonchev–Trinajstić information content (AvgIpc) is 3.24. The van der Waals surface area contributed by atoms with Crippen LogP contribution in [-0.2, 0) is 19.3 Å². The Morgan fingerprint density at radius 3 is 2.50 bits per heavy atom. The summed E-state index contributed by atoms with van der Waals surface area (Å²) in [5, 5.41) is 8.47. The molecular formula is C17H31N3. The second-order valence-corrected chi connectivity index (χ2v) is 6.10. The second kappa shape index (κ2) is 7.26. The van der Waals surface area contributed by atoms with Crippen LogP contribution in [0.5, 0.6) is 0 Å². The molecule has 20 heavy (non-hydrogen) atoms. The molecule has 1 heterocycles. The summed E-state index contributed by atoms with van der Waals surface area (Å²) < 4.78 is 2.35. The van der Waals surface area contributed by atoms with Gasteiger partial charge in [-0.2, -0.15) is 5.10 Å². The van der Waals surface area contributed by atoms with Crippen molar-refractivity contribution in [2.45, 2.75) is 72.3 Å². The minimum atomic E-state index is 0.590. The first kappa shape index (κ1) is 15.6. The molecule has 1 aliphatic rings. The van der Waals surface area contributed by atoms with Gasteiger partial charge in [-0.25, -0.2) is 0 Å². The van der Waals surface area contributed by atoms with E-state index in [1.165, 1.54) is 36.2 Å². The third-order valence-corrected chi connectivity index (χ3v) is 4.54. The first-order valence-electron chi connectivity index (χ1n) is 8.52. The highest BCUT2D eigenvalue weighted by atomic mass is 15.3. The molecule has 0 aliphatic heterocycles. The molecule has 1 fully saturated rings. The van der Waals surface area contributed by atoms with Crippen molar-refractivity contribution in [2.24, 2.45) is 5.92 Å². The van der Waals surface area contributed by atoms with Crippen LogP contribution < -0.4 is 5.32 Å². The fourth-order valence-electron chi connectivity index (χ4n) is 3.13. The van der Waals surface area contributed by atoms with E-state index in [9.17, 15) is 0 Å². The summed E-state index contributed by atoms with van der Waals surface area (Å²) in [6, 6.07) is 0.590. The summed E-state index contributed by atoms with van der Waals surface area (Å²) >= 11 is 0. The Morgan fingerprint density at radius 2 is 1.95 bits per heavy atom. The van der Waals surface area contributed by atoms with Crippen LogP contribution in [0.2, 0.25) is 0 Å². The molecule has 1 aromatic heterocycles. The quantitative estimate of drug-likeness (QED) is 0.700. The zero-order valence-electron chi connectivity index (χ0n) is 13.7. The topological polar surface area (TPSA) is 29.9 Å². The molecule has 0 saturated heterocycles. The van der Waals surface area contributed by atoms with Crippen LogP contribution in [0.3, 0.4) is 0 Å². The standard InChI is InChI=1S/C17H31N3/c1-5-11-18-12-10-15-16(6-2)19-20(17(15)7-3)13(4)14-8-9-14/h13-14,18H,5-12H2,1-4H3. The molecule has 3 heteroatoms. The monoisotopic (exact) mass is 277 g/mol. The van der Waals surface area contributed by atoms with Crippen LogP contribution in [0.25, 0.3) is 0 Å². The minimum Gasteiger partial charge on any atom is -0.316 e. The van der Waals surface area contributed by atoms with Crippen LogP contribution in [0.1, 0.15) is 70.0 Å². The molecule has 0 aromatic carbocycles. The Morgan fingerprint density at radius 1 is 1.20 bits per heavy atom. The van der Waals surface area contributed by atoms with E-state index < -0.39 is 0 Å². The van der Waals surface area contributed by atoms with E-state index in [0.717, 1.165) is 38.3 Å². The lowest BCUT2D eigenvalue weighted by molar-refractivity contribution is 0.423. The Balaban J connectivity index is 2.14. The van der Waals surface area contributed by atoms with Crippen molar-refractivity contribution in [1.29, 1.82) is 0 Å². The largest absolute Gasteiger partial charge is 0.316 e. The summed E-state index contributed by atoms with van der Waals surface area (Å²) in [5.41, 5.74) is 4.33. The van der Waals surface area contributed by atoms with Crippen molar-refractivity contribution in [3.05, 3.63) is 17.0 Å². The van der Waals surface area contributed by atoms with Gasteiger partial charge in [0.2, 0.25) is 0 Å². The maximum Gasteiger partial charge on any atom is 0.0657 e.